The number of carbonyl (C=O) groups excluding carboxylic acids is 1. The van der Waals surface area contributed by atoms with Gasteiger partial charge in [-0.1, -0.05) is 11.8 Å². The van der Waals surface area contributed by atoms with Crippen LogP contribution in [0.25, 0.3) is 22.4 Å². The Morgan fingerprint density at radius 1 is 0.973 bits per heavy atom. The molecule has 0 unspecified atom stereocenters. The largest absolute Gasteiger partial charge is 0.497 e. The number of carbonyl (C=O) groups is 1. The van der Waals surface area contributed by atoms with Gasteiger partial charge >= 0.3 is 0 Å². The van der Waals surface area contributed by atoms with E-state index < -0.39 is 0 Å². The summed E-state index contributed by atoms with van der Waals surface area (Å²) in [5.74, 6) is 1.99. The van der Waals surface area contributed by atoms with Crippen molar-refractivity contribution in [2.75, 3.05) is 31.4 Å². The second kappa shape index (κ2) is 10.8. The van der Waals surface area contributed by atoms with Gasteiger partial charge in [-0.15, -0.1) is 10.2 Å². The van der Waals surface area contributed by atoms with Crippen LogP contribution in [0.2, 0.25) is 0 Å². The van der Waals surface area contributed by atoms with Gasteiger partial charge < -0.3 is 19.5 Å². The number of hydrogen-bond acceptors (Lipinski definition) is 8. The zero-order valence-corrected chi connectivity index (χ0v) is 21.5. The van der Waals surface area contributed by atoms with Gasteiger partial charge in [-0.2, -0.15) is 5.10 Å². The zero-order chi connectivity index (χ0) is 25.8. The van der Waals surface area contributed by atoms with Gasteiger partial charge in [-0.3, -0.25) is 9.20 Å². The highest BCUT2D eigenvalue weighted by Crippen LogP contribution is 2.30. The maximum Gasteiger partial charge on any atom is 0.234 e. The molecule has 3 heterocycles. The van der Waals surface area contributed by atoms with Crippen LogP contribution in [0.4, 0.5) is 5.69 Å². The molecule has 5 aromatic rings. The number of benzene rings is 2. The first-order valence-corrected chi connectivity index (χ1v) is 12.8. The monoisotopic (exact) mass is 518 g/mol. The van der Waals surface area contributed by atoms with Crippen molar-refractivity contribution in [1.29, 1.82) is 0 Å². The number of aromatic nitrogens is 5. The fourth-order valence-electron chi connectivity index (χ4n) is 3.85. The van der Waals surface area contributed by atoms with E-state index in [1.165, 1.54) is 11.8 Å². The number of rotatable bonds is 10. The SMILES string of the molecule is CCOc1ccc(OCC)c(NC(=O)CSc2nnc3c4cc(-c5ccc(OC)cc5)nn4ccn23)c1. The molecule has 11 heteroatoms. The fourth-order valence-corrected chi connectivity index (χ4v) is 4.57. The van der Waals surface area contributed by atoms with Crippen LogP contribution in [-0.4, -0.2) is 56.2 Å². The second-order valence-electron chi connectivity index (χ2n) is 7.92. The van der Waals surface area contributed by atoms with Crippen molar-refractivity contribution in [1.82, 2.24) is 24.2 Å². The topological polar surface area (TPSA) is 104 Å². The predicted octanol–water partition coefficient (Wildman–Crippen LogP) is 4.58. The highest BCUT2D eigenvalue weighted by atomic mass is 32.2. The van der Waals surface area contributed by atoms with Crippen molar-refractivity contribution < 1.29 is 19.0 Å². The molecule has 5 rings (SSSR count). The number of nitrogens with zero attached hydrogens (tertiary/aromatic N) is 5. The standard InChI is InChI=1S/C26H26N6O4S/c1-4-35-19-10-11-23(36-5-2)21(14-19)27-24(33)16-37-26-29-28-25-22-15-20(30-32(22)13-12-31(25)26)17-6-8-18(34-3)9-7-17/h6-15H,4-5,16H2,1-3H3,(H,27,33). The molecule has 10 nitrogen and oxygen atoms in total. The summed E-state index contributed by atoms with van der Waals surface area (Å²) in [4.78, 5) is 12.8. The first kappa shape index (κ1) is 24.4. The number of anilines is 1. The molecule has 0 atom stereocenters. The Morgan fingerprint density at radius 2 is 1.76 bits per heavy atom. The third kappa shape index (κ3) is 5.17. The minimum Gasteiger partial charge on any atom is -0.497 e. The summed E-state index contributed by atoms with van der Waals surface area (Å²) in [6, 6.07) is 15.1. The van der Waals surface area contributed by atoms with E-state index in [-0.39, 0.29) is 11.7 Å². The molecule has 190 valence electrons. The Kier molecular flexibility index (Phi) is 7.13. The number of ether oxygens (including phenoxy) is 3. The summed E-state index contributed by atoms with van der Waals surface area (Å²) in [5, 5.41) is 16.9. The maximum atomic E-state index is 12.8. The van der Waals surface area contributed by atoms with Crippen LogP contribution in [0.1, 0.15) is 13.8 Å². The highest BCUT2D eigenvalue weighted by Gasteiger charge is 2.15. The zero-order valence-electron chi connectivity index (χ0n) is 20.7. The lowest BCUT2D eigenvalue weighted by Gasteiger charge is -2.13. The molecule has 37 heavy (non-hydrogen) atoms. The van der Waals surface area contributed by atoms with Gasteiger partial charge in [0, 0.05) is 24.0 Å². The molecular weight excluding hydrogens is 492 g/mol. The van der Waals surface area contributed by atoms with Crippen LogP contribution in [0, 0.1) is 0 Å². The smallest absolute Gasteiger partial charge is 0.234 e. The Balaban J connectivity index is 1.33. The van der Waals surface area contributed by atoms with Gasteiger partial charge in [0.15, 0.2) is 10.8 Å². The summed E-state index contributed by atoms with van der Waals surface area (Å²) in [6.45, 7) is 4.82. The molecule has 0 aliphatic heterocycles. The summed E-state index contributed by atoms with van der Waals surface area (Å²) in [5.41, 5.74) is 3.81. The van der Waals surface area contributed by atoms with E-state index in [1.54, 1.807) is 23.8 Å². The van der Waals surface area contributed by atoms with Crippen LogP contribution in [-0.2, 0) is 4.79 Å². The Morgan fingerprint density at radius 3 is 2.51 bits per heavy atom. The van der Waals surface area contributed by atoms with E-state index in [9.17, 15) is 4.79 Å². The molecule has 3 aromatic heterocycles. The second-order valence-corrected chi connectivity index (χ2v) is 8.87. The van der Waals surface area contributed by atoms with Gasteiger partial charge in [0.1, 0.15) is 22.8 Å². The van der Waals surface area contributed by atoms with Gasteiger partial charge in [-0.25, -0.2) is 4.52 Å². The van der Waals surface area contributed by atoms with E-state index in [0.717, 1.165) is 22.5 Å². The normalized spacial score (nSPS) is 11.1. The summed E-state index contributed by atoms with van der Waals surface area (Å²) in [7, 11) is 1.64. The first-order valence-electron chi connectivity index (χ1n) is 11.8. The van der Waals surface area contributed by atoms with Crippen LogP contribution in [0.5, 0.6) is 17.2 Å². The van der Waals surface area contributed by atoms with Gasteiger partial charge in [0.25, 0.3) is 0 Å². The summed E-state index contributed by atoms with van der Waals surface area (Å²) in [6.07, 6.45) is 3.68. The molecule has 1 N–H and O–H groups in total. The van der Waals surface area contributed by atoms with E-state index in [2.05, 4.69) is 20.6 Å². The third-order valence-corrected chi connectivity index (χ3v) is 6.48. The summed E-state index contributed by atoms with van der Waals surface area (Å²) < 4.78 is 20.1. The van der Waals surface area contributed by atoms with Crippen LogP contribution in [0.3, 0.4) is 0 Å². The predicted molar refractivity (Wildman–Crippen MR) is 142 cm³/mol. The lowest BCUT2D eigenvalue weighted by molar-refractivity contribution is -0.113. The lowest BCUT2D eigenvalue weighted by atomic mass is 10.1. The van der Waals surface area contributed by atoms with E-state index >= 15 is 0 Å². The molecule has 0 aliphatic rings. The van der Waals surface area contributed by atoms with Crippen LogP contribution < -0.4 is 19.5 Å². The number of thioether (sulfide) groups is 1. The quantitative estimate of drug-likeness (QED) is 0.268. The lowest BCUT2D eigenvalue weighted by Crippen LogP contribution is -2.15. The van der Waals surface area contributed by atoms with Crippen molar-refractivity contribution in [3.63, 3.8) is 0 Å². The maximum absolute atomic E-state index is 12.8. The Bertz CT molecular complexity index is 1550. The molecule has 0 radical (unpaired) electrons. The highest BCUT2D eigenvalue weighted by molar-refractivity contribution is 7.99. The molecule has 0 bridgehead atoms. The molecule has 0 aliphatic carbocycles. The molecule has 0 saturated heterocycles. The average Bonchev–Trinajstić information content (AvgIpc) is 3.53. The molecule has 0 spiro atoms. The molecule has 0 saturated carbocycles. The Labute approximate surface area is 217 Å². The number of methoxy groups -OCH3 is 1. The van der Waals surface area contributed by atoms with E-state index in [1.807, 2.05) is 67.0 Å². The fraction of sp³-hybridized carbons (Fsp3) is 0.231. The van der Waals surface area contributed by atoms with Crippen molar-refractivity contribution in [3.8, 4) is 28.5 Å². The number of hydrogen-bond donors (Lipinski definition) is 1. The van der Waals surface area contributed by atoms with Crippen LogP contribution in [0.15, 0.2) is 66.1 Å². The molecule has 1 amide bonds. The minimum absolute atomic E-state index is 0.146. The van der Waals surface area contributed by atoms with E-state index in [0.29, 0.717) is 41.2 Å². The third-order valence-electron chi connectivity index (χ3n) is 5.54. The summed E-state index contributed by atoms with van der Waals surface area (Å²) >= 11 is 1.30. The molecule has 0 fully saturated rings. The van der Waals surface area contributed by atoms with E-state index in [4.69, 9.17) is 14.2 Å². The Hall–Kier alpha value is -4.25. The van der Waals surface area contributed by atoms with Crippen molar-refractivity contribution in [3.05, 3.63) is 60.9 Å². The average molecular weight is 519 g/mol. The first-order chi connectivity index (χ1) is 18.1. The minimum atomic E-state index is -0.191. The number of fused-ring (bicyclic) bond motifs is 3. The van der Waals surface area contributed by atoms with Gasteiger partial charge in [-0.05, 0) is 56.3 Å². The molecular formula is C26H26N6O4S. The van der Waals surface area contributed by atoms with Crippen molar-refractivity contribution in [2.24, 2.45) is 0 Å². The molecule has 2 aromatic carbocycles. The number of amides is 1. The van der Waals surface area contributed by atoms with Gasteiger partial charge in [0.05, 0.1) is 37.5 Å². The van der Waals surface area contributed by atoms with Crippen molar-refractivity contribution in [2.45, 2.75) is 19.0 Å². The van der Waals surface area contributed by atoms with Gasteiger partial charge in [0.2, 0.25) is 5.91 Å². The van der Waals surface area contributed by atoms with Crippen LogP contribution >= 0.6 is 11.8 Å². The van der Waals surface area contributed by atoms with Crippen molar-refractivity contribution >= 4 is 34.5 Å². The number of nitrogens with one attached hydrogen (secondary N) is 1.